The van der Waals surface area contributed by atoms with Crippen LogP contribution in [-0.4, -0.2) is 0 Å². The van der Waals surface area contributed by atoms with Crippen LogP contribution in [0.4, 0.5) is 34.1 Å². The minimum Gasteiger partial charge on any atom is -0.310 e. The molecule has 0 bridgehead atoms. The Morgan fingerprint density at radius 3 is 1.08 bits per heavy atom. The maximum absolute atomic E-state index is 2.43. The topological polar surface area (TPSA) is 6.48 Å². The number of hydrogen-bond donors (Lipinski definition) is 0. The third-order valence-electron chi connectivity index (χ3n) is 12.9. The molecule has 4 heteroatoms. The Morgan fingerprint density at radius 1 is 0.273 bits per heavy atom. The summed E-state index contributed by atoms with van der Waals surface area (Å²) in [7, 11) is 0. The second-order valence-corrected chi connectivity index (χ2v) is 19.2. The lowest BCUT2D eigenvalue weighted by atomic mass is 9.92. The van der Waals surface area contributed by atoms with Gasteiger partial charge in [-0.2, -0.15) is 0 Å². The van der Waals surface area contributed by atoms with Gasteiger partial charge in [0.15, 0.2) is 0 Å². The predicted molar refractivity (Wildman–Crippen MR) is 287 cm³/mol. The molecule has 0 atom stereocenters. The number of aryl methyl sites for hydroxylation is 2. The summed E-state index contributed by atoms with van der Waals surface area (Å²) in [6, 6.07) is 84.8. The van der Waals surface area contributed by atoms with Crippen LogP contribution in [0.25, 0.3) is 73.7 Å². The Morgan fingerprint density at radius 2 is 0.636 bits per heavy atom. The number of fused-ring (bicyclic) bond motifs is 6. The highest BCUT2D eigenvalue weighted by molar-refractivity contribution is 7.26. The van der Waals surface area contributed by atoms with E-state index in [-0.39, 0.29) is 0 Å². The summed E-state index contributed by atoms with van der Waals surface area (Å²) in [5.41, 5.74) is 16.2. The maximum Gasteiger partial charge on any atom is 0.0540 e. The van der Waals surface area contributed by atoms with Crippen LogP contribution in [0.1, 0.15) is 11.1 Å². The first-order valence-corrected chi connectivity index (χ1v) is 24.1. The van der Waals surface area contributed by atoms with Gasteiger partial charge in [-0.15, -0.1) is 22.7 Å². The lowest BCUT2D eigenvalue weighted by Crippen LogP contribution is -2.13. The van der Waals surface area contributed by atoms with E-state index in [1.165, 1.54) is 73.7 Å². The zero-order valence-electron chi connectivity index (χ0n) is 36.7. The fourth-order valence-corrected chi connectivity index (χ4v) is 11.8. The number of hydrogen-bond acceptors (Lipinski definition) is 4. The molecule has 12 rings (SSSR count). The smallest absolute Gasteiger partial charge is 0.0540 e. The van der Waals surface area contributed by atoms with Gasteiger partial charge in [0, 0.05) is 74.2 Å². The molecule has 12 aromatic rings. The van der Waals surface area contributed by atoms with Crippen molar-refractivity contribution in [3.8, 4) is 33.4 Å². The summed E-state index contributed by atoms with van der Waals surface area (Å²) < 4.78 is 5.20. The van der Waals surface area contributed by atoms with E-state index in [9.17, 15) is 0 Å². The molecule has 0 saturated carbocycles. The van der Waals surface area contributed by atoms with Gasteiger partial charge in [-0.05, 0) is 144 Å². The monoisotopic (exact) mass is 880 g/mol. The van der Waals surface area contributed by atoms with E-state index >= 15 is 0 Å². The molecule has 10 aromatic carbocycles. The number of benzene rings is 10. The van der Waals surface area contributed by atoms with E-state index < -0.39 is 0 Å². The van der Waals surface area contributed by atoms with E-state index in [1.807, 2.05) is 22.7 Å². The minimum atomic E-state index is 1.11. The van der Waals surface area contributed by atoms with Crippen molar-refractivity contribution in [2.75, 3.05) is 9.80 Å². The highest BCUT2D eigenvalue weighted by Crippen LogP contribution is 2.48. The summed E-state index contributed by atoms with van der Waals surface area (Å²) in [4.78, 5) is 4.86. The van der Waals surface area contributed by atoms with Gasteiger partial charge in [-0.25, -0.2) is 0 Å². The zero-order chi connectivity index (χ0) is 44.1. The van der Waals surface area contributed by atoms with Crippen LogP contribution in [0.15, 0.2) is 231 Å². The molecule has 0 fully saturated rings. The van der Waals surface area contributed by atoms with Crippen LogP contribution in [0.2, 0.25) is 0 Å². The molecule has 0 aliphatic carbocycles. The second-order valence-electron chi connectivity index (χ2n) is 17.0. The molecular formula is C62H44N2S2. The van der Waals surface area contributed by atoms with Gasteiger partial charge >= 0.3 is 0 Å². The van der Waals surface area contributed by atoms with Crippen molar-refractivity contribution in [1.82, 2.24) is 0 Å². The average molecular weight is 881 g/mol. The van der Waals surface area contributed by atoms with Crippen LogP contribution in [0.5, 0.6) is 0 Å². The van der Waals surface area contributed by atoms with E-state index in [0.717, 1.165) is 45.3 Å². The molecule has 2 heterocycles. The summed E-state index contributed by atoms with van der Waals surface area (Å²) in [5, 5.41) is 5.16. The molecule has 0 aliphatic rings. The van der Waals surface area contributed by atoms with E-state index in [4.69, 9.17) is 0 Å². The molecule has 2 aromatic heterocycles. The van der Waals surface area contributed by atoms with Crippen LogP contribution >= 0.6 is 22.7 Å². The zero-order valence-corrected chi connectivity index (χ0v) is 38.3. The summed E-state index contributed by atoms with van der Waals surface area (Å²) >= 11 is 3.72. The van der Waals surface area contributed by atoms with Crippen molar-refractivity contribution in [2.24, 2.45) is 0 Å². The van der Waals surface area contributed by atoms with Crippen LogP contribution < -0.4 is 9.80 Å². The Labute approximate surface area is 393 Å². The van der Waals surface area contributed by atoms with E-state index in [1.54, 1.807) is 0 Å². The third-order valence-corrected chi connectivity index (χ3v) is 15.2. The molecule has 0 saturated heterocycles. The quantitative estimate of drug-likeness (QED) is 0.143. The molecular weight excluding hydrogens is 837 g/mol. The Kier molecular flexibility index (Phi) is 10.0. The van der Waals surface area contributed by atoms with Crippen LogP contribution in [0.3, 0.4) is 0 Å². The van der Waals surface area contributed by atoms with Gasteiger partial charge < -0.3 is 9.80 Å². The predicted octanol–water partition coefficient (Wildman–Crippen LogP) is 19.0. The largest absolute Gasteiger partial charge is 0.310 e. The van der Waals surface area contributed by atoms with Gasteiger partial charge in [0.05, 0.1) is 11.4 Å². The minimum absolute atomic E-state index is 1.11. The maximum atomic E-state index is 2.43. The van der Waals surface area contributed by atoms with Gasteiger partial charge in [-0.3, -0.25) is 0 Å². The van der Waals surface area contributed by atoms with Gasteiger partial charge in [0.2, 0.25) is 0 Å². The molecule has 314 valence electrons. The first-order chi connectivity index (χ1) is 32.6. The molecule has 0 unspecified atom stereocenters. The normalized spacial score (nSPS) is 11.5. The van der Waals surface area contributed by atoms with Gasteiger partial charge in [0.1, 0.15) is 0 Å². The van der Waals surface area contributed by atoms with Gasteiger partial charge in [0.25, 0.3) is 0 Å². The standard InChI is InChI=1S/C62H44N2S2/c1-41-17-9-13-25-55(41)63(47-19-5-3-6-20-47)57-33-29-43(37-51(57)45-31-35-61-53(39-45)49-23-11-15-27-59(49)65-61)44-30-34-58(64(48-21-7-4-8-22-48)56-26-14-10-18-42(56)2)52(38-44)46-32-36-62-54(40-46)50-24-12-16-28-60(50)66-62/h3-40H,1-2H3. The average Bonchev–Trinajstić information content (AvgIpc) is 3.94. The number of rotatable bonds is 9. The Balaban J connectivity index is 1.11. The lowest BCUT2D eigenvalue weighted by molar-refractivity contribution is 1.25. The molecule has 0 N–H and O–H groups in total. The molecule has 0 spiro atoms. The van der Waals surface area contributed by atoms with Crippen molar-refractivity contribution >= 4 is 97.1 Å². The number of nitrogens with zero attached hydrogens (tertiary/aromatic N) is 2. The van der Waals surface area contributed by atoms with Crippen molar-refractivity contribution in [1.29, 1.82) is 0 Å². The summed E-state index contributed by atoms with van der Waals surface area (Å²) in [6.07, 6.45) is 0. The second kappa shape index (κ2) is 16.7. The Bertz CT molecular complexity index is 3500. The van der Waals surface area contributed by atoms with E-state index in [2.05, 4.69) is 254 Å². The first-order valence-electron chi connectivity index (χ1n) is 22.5. The van der Waals surface area contributed by atoms with Crippen molar-refractivity contribution in [3.05, 3.63) is 242 Å². The summed E-state index contributed by atoms with van der Waals surface area (Å²) in [5.74, 6) is 0. The number of anilines is 6. The molecule has 0 amide bonds. The van der Waals surface area contributed by atoms with Gasteiger partial charge in [-0.1, -0.05) is 133 Å². The van der Waals surface area contributed by atoms with Crippen molar-refractivity contribution in [3.63, 3.8) is 0 Å². The van der Waals surface area contributed by atoms with Crippen LogP contribution in [-0.2, 0) is 0 Å². The highest BCUT2D eigenvalue weighted by Gasteiger charge is 2.23. The molecule has 2 nitrogen and oxygen atoms in total. The van der Waals surface area contributed by atoms with Crippen molar-refractivity contribution < 1.29 is 0 Å². The molecule has 0 radical (unpaired) electrons. The number of para-hydroxylation sites is 4. The molecule has 0 aliphatic heterocycles. The van der Waals surface area contributed by atoms with Crippen LogP contribution in [0, 0.1) is 13.8 Å². The number of thiophene rings is 2. The fraction of sp³-hybridized carbons (Fsp3) is 0.0323. The highest BCUT2D eigenvalue weighted by atomic mass is 32.1. The van der Waals surface area contributed by atoms with E-state index in [0.29, 0.717) is 0 Å². The Hall–Kier alpha value is -7.76. The fourth-order valence-electron chi connectivity index (χ4n) is 9.67. The summed E-state index contributed by atoms with van der Waals surface area (Å²) in [6.45, 7) is 4.41. The molecule has 66 heavy (non-hydrogen) atoms. The van der Waals surface area contributed by atoms with Crippen molar-refractivity contribution in [2.45, 2.75) is 13.8 Å². The lowest BCUT2D eigenvalue weighted by Gasteiger charge is -2.30. The first kappa shape index (κ1) is 39.8. The SMILES string of the molecule is Cc1ccccc1N(c1ccccc1)c1ccc(-c2ccc(N(c3ccccc3)c3ccccc3C)c(-c3ccc4sc5ccccc5c4c3)c2)cc1-c1ccc2sc3ccccc3c2c1. The third kappa shape index (κ3) is 7.03.